The molecule has 1 saturated carbocycles. The fourth-order valence-corrected chi connectivity index (χ4v) is 3.17. The van der Waals surface area contributed by atoms with E-state index >= 15 is 0 Å². The van der Waals surface area contributed by atoms with Crippen molar-refractivity contribution in [3.05, 3.63) is 18.7 Å². The van der Waals surface area contributed by atoms with E-state index in [1.807, 2.05) is 0 Å². The number of amides is 4. The molecule has 1 aliphatic carbocycles. The minimum Gasteiger partial charge on any atom is -0.336 e. The summed E-state index contributed by atoms with van der Waals surface area (Å²) in [5, 5.41) is 2.35. The molecular weight excluding hydrogens is 272 g/mol. The molecule has 1 aromatic heterocycles. The minimum absolute atomic E-state index is 0.246. The second-order valence-corrected chi connectivity index (χ2v) is 5.66. The number of hydrogen-bond donors (Lipinski definition) is 1. The third-order valence-electron chi connectivity index (χ3n) is 4.40. The van der Waals surface area contributed by atoms with Crippen LogP contribution in [-0.4, -0.2) is 38.8 Å². The number of nitrogens with one attached hydrogen (secondary N) is 1. The molecule has 0 aromatic carbocycles. The van der Waals surface area contributed by atoms with Crippen molar-refractivity contribution in [2.45, 2.75) is 38.6 Å². The van der Waals surface area contributed by atoms with Gasteiger partial charge >= 0.3 is 6.03 Å². The summed E-state index contributed by atoms with van der Waals surface area (Å²) in [6.45, 7) is 0.722. The van der Waals surface area contributed by atoms with Crippen LogP contribution in [0.3, 0.4) is 0 Å². The monoisotopic (exact) mass is 290 g/mol. The van der Waals surface area contributed by atoms with Crippen molar-refractivity contribution in [1.82, 2.24) is 19.8 Å². The first-order valence-corrected chi connectivity index (χ1v) is 7.27. The predicted octanol–water partition coefficient (Wildman–Crippen LogP) is 0.912. The van der Waals surface area contributed by atoms with E-state index in [2.05, 4.69) is 10.3 Å². The molecule has 2 aliphatic rings. The summed E-state index contributed by atoms with van der Waals surface area (Å²) in [5.41, 5.74) is -1.03. The Kier molecular flexibility index (Phi) is 3.48. The first-order valence-electron chi connectivity index (χ1n) is 7.27. The molecule has 1 aliphatic heterocycles. The highest BCUT2D eigenvalue weighted by Crippen LogP contribution is 2.40. The quantitative estimate of drug-likeness (QED) is 0.839. The van der Waals surface area contributed by atoms with E-state index in [1.165, 1.54) is 4.90 Å². The third-order valence-corrected chi connectivity index (χ3v) is 4.40. The summed E-state index contributed by atoms with van der Waals surface area (Å²) in [4.78, 5) is 41.9. The van der Waals surface area contributed by atoms with Crippen molar-refractivity contribution in [3.8, 4) is 0 Å². The van der Waals surface area contributed by atoms with Crippen molar-refractivity contribution in [2.75, 3.05) is 6.54 Å². The van der Waals surface area contributed by atoms with E-state index in [1.54, 1.807) is 23.3 Å². The SMILES string of the molecule is O=C1NC(=O)C2(CCCCC2)C(=O)N1CCn1ccnc1. The summed E-state index contributed by atoms with van der Waals surface area (Å²) < 4.78 is 1.80. The molecule has 1 saturated heterocycles. The van der Waals surface area contributed by atoms with Crippen LogP contribution in [0.4, 0.5) is 4.79 Å². The van der Waals surface area contributed by atoms with Crippen molar-refractivity contribution < 1.29 is 14.4 Å². The number of carbonyl (C=O) groups is 3. The van der Waals surface area contributed by atoms with Crippen LogP contribution in [0.1, 0.15) is 32.1 Å². The van der Waals surface area contributed by atoms with E-state index in [0.29, 0.717) is 19.4 Å². The van der Waals surface area contributed by atoms with Gasteiger partial charge in [0, 0.05) is 25.5 Å². The lowest BCUT2D eigenvalue weighted by molar-refractivity contribution is -0.154. The van der Waals surface area contributed by atoms with E-state index < -0.39 is 17.4 Å². The normalized spacial score (nSPS) is 21.7. The summed E-state index contributed by atoms with van der Waals surface area (Å²) in [6, 6.07) is -0.610. The summed E-state index contributed by atoms with van der Waals surface area (Å²) in [7, 11) is 0. The fourth-order valence-electron chi connectivity index (χ4n) is 3.17. The van der Waals surface area contributed by atoms with Crippen LogP contribution in [0, 0.1) is 5.41 Å². The maximum Gasteiger partial charge on any atom is 0.330 e. The standard InChI is InChI=1S/C14H18N4O3/c19-11-14(4-2-1-3-5-14)12(20)18(13(21)16-11)9-8-17-7-6-15-10-17/h6-7,10H,1-5,8-9H2,(H,16,19,21). The molecule has 0 unspecified atom stereocenters. The maximum atomic E-state index is 12.7. The average Bonchev–Trinajstić information content (AvgIpc) is 3.00. The van der Waals surface area contributed by atoms with Crippen molar-refractivity contribution in [3.63, 3.8) is 0 Å². The third kappa shape index (κ3) is 2.32. The lowest BCUT2D eigenvalue weighted by Gasteiger charge is -2.41. The Morgan fingerprint density at radius 2 is 1.90 bits per heavy atom. The van der Waals surface area contributed by atoms with Crippen LogP contribution in [0.5, 0.6) is 0 Å². The lowest BCUT2D eigenvalue weighted by Crippen LogP contribution is -2.64. The number of nitrogens with zero attached hydrogens (tertiary/aromatic N) is 3. The number of rotatable bonds is 3. The second-order valence-electron chi connectivity index (χ2n) is 5.66. The van der Waals surface area contributed by atoms with Gasteiger partial charge < -0.3 is 4.57 Å². The number of carbonyl (C=O) groups excluding carboxylic acids is 3. The average molecular weight is 290 g/mol. The highest BCUT2D eigenvalue weighted by atomic mass is 16.2. The van der Waals surface area contributed by atoms with Crippen molar-refractivity contribution in [2.24, 2.45) is 5.41 Å². The first-order chi connectivity index (χ1) is 10.1. The Morgan fingerprint density at radius 1 is 1.14 bits per heavy atom. The van der Waals surface area contributed by atoms with E-state index in [0.717, 1.165) is 19.3 Å². The van der Waals surface area contributed by atoms with Crippen LogP contribution in [0.25, 0.3) is 0 Å². The largest absolute Gasteiger partial charge is 0.336 e. The Labute approximate surface area is 122 Å². The van der Waals surface area contributed by atoms with Crippen LogP contribution < -0.4 is 5.32 Å². The maximum absolute atomic E-state index is 12.7. The summed E-state index contributed by atoms with van der Waals surface area (Å²) >= 11 is 0. The van der Waals surface area contributed by atoms with Crippen LogP contribution in [0.2, 0.25) is 0 Å². The molecule has 7 nitrogen and oxygen atoms in total. The zero-order valence-electron chi connectivity index (χ0n) is 11.7. The Hall–Kier alpha value is -2.18. The van der Waals surface area contributed by atoms with Crippen LogP contribution in [-0.2, 0) is 16.1 Å². The second kappa shape index (κ2) is 5.31. The van der Waals surface area contributed by atoms with E-state index in [-0.39, 0.29) is 12.5 Å². The summed E-state index contributed by atoms with van der Waals surface area (Å²) in [6.07, 6.45) is 8.85. The zero-order valence-corrected chi connectivity index (χ0v) is 11.7. The molecule has 0 bridgehead atoms. The van der Waals surface area contributed by atoms with Gasteiger partial charge in [-0.1, -0.05) is 19.3 Å². The molecule has 7 heteroatoms. The molecule has 0 atom stereocenters. The van der Waals surface area contributed by atoms with Gasteiger partial charge in [0.1, 0.15) is 5.41 Å². The molecule has 112 valence electrons. The molecule has 2 fully saturated rings. The van der Waals surface area contributed by atoms with Crippen molar-refractivity contribution in [1.29, 1.82) is 0 Å². The topological polar surface area (TPSA) is 84.3 Å². The molecule has 1 aromatic rings. The molecule has 0 radical (unpaired) electrons. The van der Waals surface area contributed by atoms with Gasteiger partial charge in [-0.05, 0) is 12.8 Å². The molecule has 3 rings (SSSR count). The Morgan fingerprint density at radius 3 is 2.57 bits per heavy atom. The Balaban J connectivity index is 1.77. The summed E-state index contributed by atoms with van der Waals surface area (Å²) in [5.74, 6) is -0.757. The number of imide groups is 2. The van der Waals surface area contributed by atoms with Gasteiger partial charge in [-0.2, -0.15) is 0 Å². The zero-order chi connectivity index (χ0) is 14.9. The van der Waals surface area contributed by atoms with Crippen LogP contribution >= 0.6 is 0 Å². The van der Waals surface area contributed by atoms with Gasteiger partial charge in [0.05, 0.1) is 6.33 Å². The van der Waals surface area contributed by atoms with Gasteiger partial charge in [-0.15, -0.1) is 0 Å². The van der Waals surface area contributed by atoms with Gasteiger partial charge in [0.2, 0.25) is 11.8 Å². The van der Waals surface area contributed by atoms with Gasteiger partial charge in [-0.25, -0.2) is 9.78 Å². The van der Waals surface area contributed by atoms with Gasteiger partial charge in [0.15, 0.2) is 0 Å². The lowest BCUT2D eigenvalue weighted by atomic mass is 9.71. The number of hydrogen-bond acceptors (Lipinski definition) is 4. The molecule has 1 N–H and O–H groups in total. The minimum atomic E-state index is -1.03. The number of urea groups is 1. The smallest absolute Gasteiger partial charge is 0.330 e. The molecular formula is C14H18N4O3. The molecule has 21 heavy (non-hydrogen) atoms. The van der Waals surface area contributed by atoms with Gasteiger partial charge in [-0.3, -0.25) is 19.8 Å². The first kappa shape index (κ1) is 13.8. The number of imidazole rings is 1. The predicted molar refractivity (Wildman–Crippen MR) is 73.0 cm³/mol. The molecule has 1 spiro atoms. The molecule has 2 heterocycles. The number of barbiturate groups is 1. The van der Waals surface area contributed by atoms with E-state index in [9.17, 15) is 14.4 Å². The highest BCUT2D eigenvalue weighted by Gasteiger charge is 2.53. The van der Waals surface area contributed by atoms with Gasteiger partial charge in [0.25, 0.3) is 0 Å². The Bertz CT molecular complexity index is 561. The number of aromatic nitrogens is 2. The van der Waals surface area contributed by atoms with E-state index in [4.69, 9.17) is 0 Å². The molecule has 4 amide bonds. The van der Waals surface area contributed by atoms with Crippen molar-refractivity contribution >= 4 is 17.8 Å². The highest BCUT2D eigenvalue weighted by molar-refractivity contribution is 6.19. The fraction of sp³-hybridized carbons (Fsp3) is 0.571. The van der Waals surface area contributed by atoms with Crippen LogP contribution in [0.15, 0.2) is 18.7 Å².